The van der Waals surface area contributed by atoms with Gasteiger partial charge in [0.05, 0.1) is 6.33 Å². The largest absolute Gasteiger partial charge is 0.351 e. The minimum absolute atomic E-state index is 1.62. The molecule has 1 rings (SSSR count). The molecule has 0 fully saturated rings. The molecule has 0 bridgehead atoms. The normalized spacial score (nSPS) is 6.00. The van der Waals surface area contributed by atoms with Gasteiger partial charge in [-0.15, -0.1) is 0 Å². The lowest BCUT2D eigenvalue weighted by Gasteiger charge is -1.46. The molecule has 1 aromatic rings. The molecular formula is C4H5N3. The highest BCUT2D eigenvalue weighted by atomic mass is 14.8. The van der Waals surface area contributed by atoms with E-state index in [1.54, 1.807) is 18.7 Å². The summed E-state index contributed by atoms with van der Waals surface area (Å²) < 4.78 is 0. The van der Waals surface area contributed by atoms with Gasteiger partial charge in [0.25, 0.3) is 0 Å². The second kappa shape index (κ2) is 4.70. The van der Waals surface area contributed by atoms with Crippen molar-refractivity contribution in [3.05, 3.63) is 18.7 Å². The van der Waals surface area contributed by atoms with E-state index >= 15 is 0 Å². The highest BCUT2D eigenvalue weighted by Gasteiger charge is 1.56. The molecule has 0 unspecified atom stereocenters. The molecule has 0 aromatic carbocycles. The lowest BCUT2D eigenvalue weighted by atomic mass is 11.0. The van der Waals surface area contributed by atoms with E-state index in [1.165, 1.54) is 0 Å². The molecule has 7 heavy (non-hydrogen) atoms. The van der Waals surface area contributed by atoms with Gasteiger partial charge in [-0.05, 0) is 0 Å². The van der Waals surface area contributed by atoms with Crippen LogP contribution in [0.4, 0.5) is 0 Å². The summed E-state index contributed by atoms with van der Waals surface area (Å²) in [7, 11) is 0. The van der Waals surface area contributed by atoms with Crippen LogP contribution in [0.1, 0.15) is 0 Å². The van der Waals surface area contributed by atoms with Crippen LogP contribution >= 0.6 is 0 Å². The van der Waals surface area contributed by atoms with Gasteiger partial charge < -0.3 is 4.98 Å². The maximum Gasteiger partial charge on any atom is 0.0919 e. The molecule has 0 radical (unpaired) electrons. The van der Waals surface area contributed by atoms with Crippen molar-refractivity contribution in [1.82, 2.24) is 9.97 Å². The van der Waals surface area contributed by atoms with E-state index in [0.717, 1.165) is 0 Å². The van der Waals surface area contributed by atoms with Crippen LogP contribution in [-0.2, 0) is 0 Å². The van der Waals surface area contributed by atoms with E-state index in [1.807, 2.05) is 0 Å². The van der Waals surface area contributed by atoms with Gasteiger partial charge >= 0.3 is 0 Å². The number of imidazole rings is 1. The Morgan fingerprint density at radius 2 is 2.29 bits per heavy atom. The number of nitrogens with zero attached hydrogens (tertiary/aromatic N) is 2. The molecule has 0 spiro atoms. The zero-order valence-corrected chi connectivity index (χ0v) is 3.70. The second-order valence-electron chi connectivity index (χ2n) is 0.761. The summed E-state index contributed by atoms with van der Waals surface area (Å²) in [6.45, 7) is 3.50. The Morgan fingerprint density at radius 1 is 1.57 bits per heavy atom. The van der Waals surface area contributed by atoms with Crippen molar-refractivity contribution >= 4 is 0 Å². The number of hydrogen-bond donors (Lipinski definition) is 1. The van der Waals surface area contributed by atoms with Crippen molar-refractivity contribution in [3.8, 4) is 6.57 Å². The first-order valence-electron chi connectivity index (χ1n) is 1.69. The second-order valence-corrected chi connectivity index (χ2v) is 0.761. The minimum Gasteiger partial charge on any atom is -0.351 e. The number of rotatable bonds is 0. The van der Waals surface area contributed by atoms with Crippen LogP contribution in [0.2, 0.25) is 0 Å². The molecular weight excluding hydrogens is 90.1 g/mol. The lowest BCUT2D eigenvalue weighted by molar-refractivity contribution is 1.31. The number of aromatic amines is 1. The van der Waals surface area contributed by atoms with Crippen LogP contribution in [0.25, 0.3) is 0 Å². The van der Waals surface area contributed by atoms with Gasteiger partial charge in [-0.25, -0.2) is 10.2 Å². The van der Waals surface area contributed by atoms with Crippen molar-refractivity contribution in [2.24, 2.45) is 0 Å². The van der Waals surface area contributed by atoms with Gasteiger partial charge in [0.2, 0.25) is 0 Å². The Labute approximate surface area is 41.6 Å². The Bertz CT molecular complexity index is 90.5. The van der Waals surface area contributed by atoms with Crippen LogP contribution in [0, 0.1) is 11.8 Å². The Balaban J connectivity index is 0.000000162. The van der Waals surface area contributed by atoms with Gasteiger partial charge in [0, 0.05) is 19.0 Å². The van der Waals surface area contributed by atoms with Crippen LogP contribution in [0.5, 0.6) is 0 Å². The summed E-state index contributed by atoms with van der Waals surface area (Å²) in [5.41, 5.74) is 0. The van der Waals surface area contributed by atoms with Crippen molar-refractivity contribution in [2.75, 3.05) is 0 Å². The first-order chi connectivity index (χ1) is 3.50. The third kappa shape index (κ3) is 2.50. The quantitative estimate of drug-likeness (QED) is 0.511. The number of aromatic nitrogens is 2. The molecule has 0 amide bonds. The molecule has 36 valence electrons. The average molecular weight is 95.1 g/mol. The van der Waals surface area contributed by atoms with Gasteiger partial charge in [-0.1, -0.05) is 0 Å². The summed E-state index contributed by atoms with van der Waals surface area (Å²) >= 11 is 0. The molecule has 0 aliphatic rings. The molecule has 0 aliphatic heterocycles. The molecule has 0 atom stereocenters. The predicted molar refractivity (Wildman–Crippen MR) is 25.3 cm³/mol. The SMILES string of the molecule is C#N.c1c[nH]cn1. The van der Waals surface area contributed by atoms with Crippen LogP contribution in [-0.4, -0.2) is 9.97 Å². The Hall–Kier alpha value is -1.30. The number of nitriles is 1. The van der Waals surface area contributed by atoms with Crippen molar-refractivity contribution < 1.29 is 0 Å². The third-order valence-corrected chi connectivity index (χ3v) is 0.406. The van der Waals surface area contributed by atoms with Crippen LogP contribution in [0.3, 0.4) is 0 Å². The van der Waals surface area contributed by atoms with Crippen molar-refractivity contribution in [3.63, 3.8) is 0 Å². The van der Waals surface area contributed by atoms with Crippen molar-refractivity contribution in [1.29, 1.82) is 5.26 Å². The third-order valence-electron chi connectivity index (χ3n) is 0.406. The smallest absolute Gasteiger partial charge is 0.0919 e. The predicted octanol–water partition coefficient (Wildman–Crippen LogP) is 0.549. The van der Waals surface area contributed by atoms with Crippen LogP contribution in [0.15, 0.2) is 18.7 Å². The highest BCUT2D eigenvalue weighted by Crippen LogP contribution is 1.62. The first kappa shape index (κ1) is 5.70. The summed E-state index contributed by atoms with van der Waals surface area (Å²) in [5, 5.41) is 6.50. The monoisotopic (exact) mass is 95.0 g/mol. The Kier molecular flexibility index (Phi) is 3.83. The van der Waals surface area contributed by atoms with E-state index in [2.05, 4.69) is 16.5 Å². The zero-order chi connectivity index (χ0) is 5.54. The summed E-state index contributed by atoms with van der Waals surface area (Å²) in [6.07, 6.45) is 5.08. The molecule has 1 heterocycles. The molecule has 1 aromatic heterocycles. The molecule has 0 aliphatic carbocycles. The molecule has 3 heteroatoms. The summed E-state index contributed by atoms with van der Waals surface area (Å²) in [4.78, 5) is 6.42. The Morgan fingerprint density at radius 3 is 2.43 bits per heavy atom. The number of nitrogens with one attached hydrogen (secondary N) is 1. The maximum absolute atomic E-state index is 6.50. The van der Waals surface area contributed by atoms with Gasteiger partial charge in [0.1, 0.15) is 0 Å². The average Bonchev–Trinajstić information content (AvgIpc) is 2.23. The fourth-order valence-electron chi connectivity index (χ4n) is 0.215. The minimum atomic E-state index is 1.62. The fourth-order valence-corrected chi connectivity index (χ4v) is 0.215. The summed E-state index contributed by atoms with van der Waals surface area (Å²) in [6, 6.07) is 0. The van der Waals surface area contributed by atoms with Crippen molar-refractivity contribution in [2.45, 2.75) is 0 Å². The van der Waals surface area contributed by atoms with E-state index in [0.29, 0.717) is 0 Å². The van der Waals surface area contributed by atoms with E-state index < -0.39 is 0 Å². The highest BCUT2D eigenvalue weighted by molar-refractivity contribution is 4.64. The zero-order valence-electron chi connectivity index (χ0n) is 3.70. The number of H-pyrrole nitrogens is 1. The number of hydrogen-bond acceptors (Lipinski definition) is 2. The van der Waals surface area contributed by atoms with E-state index in [4.69, 9.17) is 5.26 Å². The van der Waals surface area contributed by atoms with Gasteiger partial charge in [-0.2, -0.15) is 0 Å². The topological polar surface area (TPSA) is 52.5 Å². The molecule has 0 saturated heterocycles. The van der Waals surface area contributed by atoms with Crippen LogP contribution < -0.4 is 0 Å². The standard InChI is InChI=1S/C3H4N2.CHN/c1-2-5-3-4-1;1-2/h1-3H,(H,4,5);1H. The van der Waals surface area contributed by atoms with Gasteiger partial charge in [0.15, 0.2) is 0 Å². The fraction of sp³-hybridized carbons (Fsp3) is 0. The maximum atomic E-state index is 6.50. The lowest BCUT2D eigenvalue weighted by Crippen LogP contribution is -1.44. The van der Waals surface area contributed by atoms with E-state index in [9.17, 15) is 0 Å². The molecule has 3 nitrogen and oxygen atoms in total. The van der Waals surface area contributed by atoms with E-state index in [-0.39, 0.29) is 0 Å². The summed E-state index contributed by atoms with van der Waals surface area (Å²) in [5.74, 6) is 0. The van der Waals surface area contributed by atoms with Gasteiger partial charge in [-0.3, -0.25) is 0 Å². The molecule has 0 saturated carbocycles. The first-order valence-corrected chi connectivity index (χ1v) is 1.69. The molecule has 1 N–H and O–H groups in total.